The molecule has 4 nitrogen and oxygen atoms in total. The molecule has 1 aromatic rings. The van der Waals surface area contributed by atoms with Gasteiger partial charge in [-0.25, -0.2) is 9.35 Å². The van der Waals surface area contributed by atoms with E-state index in [1.165, 1.54) is 6.26 Å². The molecule has 0 aliphatic rings. The van der Waals surface area contributed by atoms with Crippen molar-refractivity contribution in [2.75, 3.05) is 0 Å². The van der Waals surface area contributed by atoms with Gasteiger partial charge in [-0.15, -0.1) is 0 Å². The summed E-state index contributed by atoms with van der Waals surface area (Å²) < 4.78 is 23.8. The first-order valence-electron chi connectivity index (χ1n) is 2.50. The summed E-state index contributed by atoms with van der Waals surface area (Å²) in [5.74, 6) is 0.301. The van der Waals surface area contributed by atoms with E-state index in [0.29, 0.717) is 5.76 Å². The standard InChI is InChI=1S/C5H7NO3S/c6-10(7,8)4-5-2-1-3-9-5/h1-4H,(H3,6,7,8). The average molecular weight is 161 g/mol. The van der Waals surface area contributed by atoms with Crippen molar-refractivity contribution < 1.29 is 13.2 Å². The number of hydrogen-bond acceptors (Lipinski definition) is 2. The van der Waals surface area contributed by atoms with Crippen molar-refractivity contribution in [3.8, 4) is 0 Å². The Morgan fingerprint density at radius 2 is 2.50 bits per heavy atom. The third-order valence-corrected chi connectivity index (χ3v) is 1.40. The van der Waals surface area contributed by atoms with Crippen LogP contribution in [0, 0.1) is 0 Å². The summed E-state index contributed by atoms with van der Waals surface area (Å²) >= 11 is 0. The van der Waals surface area contributed by atoms with E-state index in [1.807, 2.05) is 0 Å². The maximum atomic E-state index is 10.5. The van der Waals surface area contributed by atoms with Crippen LogP contribution in [0.4, 0.5) is 0 Å². The first kappa shape index (κ1) is 7.33. The molecule has 56 valence electrons. The molecule has 1 rings (SSSR count). The summed E-state index contributed by atoms with van der Waals surface area (Å²) in [4.78, 5) is 0. The van der Waals surface area contributed by atoms with Crippen LogP contribution in [0.1, 0.15) is 5.76 Å². The van der Waals surface area contributed by atoms with Crippen molar-refractivity contribution in [3.05, 3.63) is 24.2 Å². The van der Waals surface area contributed by atoms with E-state index in [9.17, 15) is 4.21 Å². The molecule has 1 atom stereocenters. The third kappa shape index (κ3) is 2.22. The zero-order valence-corrected chi connectivity index (χ0v) is 5.88. The van der Waals surface area contributed by atoms with Crippen LogP contribution in [-0.4, -0.2) is 14.1 Å². The van der Waals surface area contributed by atoms with Crippen molar-refractivity contribution in [1.82, 2.24) is 0 Å². The topological polar surface area (TPSA) is 76.5 Å². The van der Waals surface area contributed by atoms with Gasteiger partial charge in [0.05, 0.1) is 11.6 Å². The van der Waals surface area contributed by atoms with Crippen molar-refractivity contribution in [1.29, 1.82) is 0 Å². The molecular weight excluding hydrogens is 154 g/mol. The highest BCUT2D eigenvalue weighted by molar-refractivity contribution is 7.94. The fourth-order valence-corrected chi connectivity index (χ4v) is 0.992. The van der Waals surface area contributed by atoms with Crippen LogP contribution >= 0.6 is 0 Å². The predicted octanol–water partition coefficient (Wildman–Crippen LogP) is 0.0610. The molecule has 0 amide bonds. The monoisotopic (exact) mass is 161 g/mol. The van der Waals surface area contributed by atoms with Crippen LogP contribution in [0.5, 0.6) is 0 Å². The van der Waals surface area contributed by atoms with Gasteiger partial charge < -0.3 is 8.97 Å². The van der Waals surface area contributed by atoms with E-state index >= 15 is 0 Å². The summed E-state index contributed by atoms with van der Waals surface area (Å²) in [6.07, 6.45) is 1.40. The summed E-state index contributed by atoms with van der Waals surface area (Å²) in [6.45, 7) is 0. The van der Waals surface area contributed by atoms with Crippen LogP contribution < -0.4 is 5.14 Å². The molecule has 5 heteroatoms. The fraction of sp³-hybridized carbons (Fsp3) is 0. The second-order valence-electron chi connectivity index (χ2n) is 1.75. The van der Waals surface area contributed by atoms with E-state index in [1.54, 1.807) is 12.1 Å². The van der Waals surface area contributed by atoms with Gasteiger partial charge in [-0.1, -0.05) is 0 Å². The van der Waals surface area contributed by atoms with Gasteiger partial charge in [0.2, 0.25) is 0 Å². The van der Waals surface area contributed by atoms with Crippen molar-refractivity contribution in [2.45, 2.75) is 0 Å². The van der Waals surface area contributed by atoms with Gasteiger partial charge in [-0.05, 0) is 12.1 Å². The smallest absolute Gasteiger partial charge is 0.146 e. The van der Waals surface area contributed by atoms with E-state index in [0.717, 1.165) is 5.37 Å². The minimum Gasteiger partial charge on any atom is -0.464 e. The van der Waals surface area contributed by atoms with Crippen LogP contribution in [0.2, 0.25) is 0 Å². The van der Waals surface area contributed by atoms with Crippen molar-refractivity contribution >= 4 is 15.4 Å². The highest BCUT2D eigenvalue weighted by atomic mass is 32.2. The zero-order chi connectivity index (χ0) is 7.61. The number of furan rings is 1. The first-order chi connectivity index (χ1) is 4.58. The molecule has 10 heavy (non-hydrogen) atoms. The predicted molar refractivity (Wildman–Crippen MR) is 38.8 cm³/mol. The number of nitrogens with two attached hydrogens (primary N) is 1. The third-order valence-electron chi connectivity index (χ3n) is 0.828. The Hall–Kier alpha value is -0.780. The highest BCUT2D eigenvalue weighted by Crippen LogP contribution is 1.95. The Kier molecular flexibility index (Phi) is 1.80. The van der Waals surface area contributed by atoms with Crippen LogP contribution in [0.25, 0.3) is 0 Å². The minimum absolute atomic E-state index is 0.301. The summed E-state index contributed by atoms with van der Waals surface area (Å²) in [5.41, 5.74) is 0. The number of rotatable bonds is 1. The molecule has 0 radical (unpaired) electrons. The maximum absolute atomic E-state index is 10.5. The zero-order valence-electron chi connectivity index (χ0n) is 5.06. The molecule has 0 aliphatic heterocycles. The average Bonchev–Trinajstić information content (AvgIpc) is 2.12. The first-order valence-corrected chi connectivity index (χ1v) is 4.15. The van der Waals surface area contributed by atoms with E-state index in [-0.39, 0.29) is 0 Å². The normalized spacial score (nSPS) is 16.2. The molecular formula is C5H7NO3S. The molecule has 0 saturated heterocycles. The molecule has 1 heterocycles. The van der Waals surface area contributed by atoms with Gasteiger partial charge in [0.25, 0.3) is 0 Å². The van der Waals surface area contributed by atoms with Gasteiger partial charge in [0, 0.05) is 0 Å². The Bertz CT molecular complexity index is 300. The van der Waals surface area contributed by atoms with Crippen LogP contribution in [0.3, 0.4) is 0 Å². The SMILES string of the molecule is NS(=O)(O)=Cc1ccco1. The second kappa shape index (κ2) is 2.45. The molecule has 0 aliphatic carbocycles. The van der Waals surface area contributed by atoms with Gasteiger partial charge in [-0.2, -0.15) is 0 Å². The van der Waals surface area contributed by atoms with Crippen LogP contribution in [0.15, 0.2) is 22.8 Å². The van der Waals surface area contributed by atoms with Gasteiger partial charge >= 0.3 is 0 Å². The Morgan fingerprint density at radius 3 is 2.90 bits per heavy atom. The molecule has 0 aromatic carbocycles. The quantitative estimate of drug-likeness (QED) is 0.572. The fourth-order valence-electron chi connectivity index (χ4n) is 0.525. The Morgan fingerprint density at radius 1 is 1.80 bits per heavy atom. The van der Waals surface area contributed by atoms with Crippen LogP contribution in [-0.2, 0) is 9.99 Å². The van der Waals surface area contributed by atoms with E-state index < -0.39 is 9.99 Å². The summed E-state index contributed by atoms with van der Waals surface area (Å²) in [5, 5.41) is 5.76. The second-order valence-corrected chi connectivity index (χ2v) is 3.21. The Balaban J connectivity index is 3.04. The molecule has 0 saturated carbocycles. The Labute approximate surface area is 58.6 Å². The minimum atomic E-state index is -3.32. The highest BCUT2D eigenvalue weighted by Gasteiger charge is 1.94. The van der Waals surface area contributed by atoms with Crippen molar-refractivity contribution in [3.63, 3.8) is 0 Å². The molecule has 1 aromatic heterocycles. The largest absolute Gasteiger partial charge is 0.464 e. The lowest BCUT2D eigenvalue weighted by atomic mass is 10.5. The van der Waals surface area contributed by atoms with E-state index in [4.69, 9.17) is 14.1 Å². The molecule has 1 unspecified atom stereocenters. The van der Waals surface area contributed by atoms with Gasteiger partial charge in [0.15, 0.2) is 0 Å². The van der Waals surface area contributed by atoms with Gasteiger partial charge in [-0.3, -0.25) is 0 Å². The van der Waals surface area contributed by atoms with Crippen molar-refractivity contribution in [2.24, 2.45) is 5.14 Å². The van der Waals surface area contributed by atoms with E-state index in [2.05, 4.69) is 0 Å². The lowest BCUT2D eigenvalue weighted by Crippen LogP contribution is -2.13. The lowest BCUT2D eigenvalue weighted by molar-refractivity contribution is 0.553. The maximum Gasteiger partial charge on any atom is 0.146 e. The molecule has 0 bridgehead atoms. The molecule has 0 spiro atoms. The molecule has 3 N–H and O–H groups in total. The summed E-state index contributed by atoms with van der Waals surface area (Å²) in [7, 11) is -3.32. The summed E-state index contributed by atoms with van der Waals surface area (Å²) in [6, 6.07) is 3.15. The van der Waals surface area contributed by atoms with Gasteiger partial charge in [0.1, 0.15) is 15.7 Å². The lowest BCUT2D eigenvalue weighted by Gasteiger charge is -1.89. The molecule has 0 fully saturated rings. The number of hydrogen-bond donors (Lipinski definition) is 2.